The number of hydrogen-bond acceptors (Lipinski definition) is 5. The number of nitrogen functional groups attached to an aromatic ring is 1. The number of nitrogens with one attached hydrogen (secondary N) is 1. The summed E-state index contributed by atoms with van der Waals surface area (Å²) in [6, 6.07) is 1.75. The highest BCUT2D eigenvalue weighted by atomic mass is 16.2. The molecule has 7 nitrogen and oxygen atoms in total. The van der Waals surface area contributed by atoms with Crippen molar-refractivity contribution in [2.75, 3.05) is 11.1 Å². The van der Waals surface area contributed by atoms with E-state index >= 15 is 0 Å². The van der Waals surface area contributed by atoms with Gasteiger partial charge in [0.1, 0.15) is 5.69 Å². The summed E-state index contributed by atoms with van der Waals surface area (Å²) < 4.78 is 1.79. The smallest absolute Gasteiger partial charge is 0.274 e. The summed E-state index contributed by atoms with van der Waals surface area (Å²) in [6.07, 6.45) is 4.62. The molecule has 2 rings (SSSR count). The molecule has 7 heteroatoms. The zero-order valence-electron chi connectivity index (χ0n) is 10.2. The van der Waals surface area contributed by atoms with E-state index in [2.05, 4.69) is 20.5 Å². The Morgan fingerprint density at radius 2 is 2.22 bits per heavy atom. The van der Waals surface area contributed by atoms with Gasteiger partial charge in [0, 0.05) is 12.2 Å². The Morgan fingerprint density at radius 1 is 1.44 bits per heavy atom. The second-order valence-electron chi connectivity index (χ2n) is 4.08. The zero-order valence-corrected chi connectivity index (χ0v) is 10.2. The monoisotopic (exact) mass is 246 g/mol. The molecule has 0 unspecified atom stereocenters. The van der Waals surface area contributed by atoms with Crippen molar-refractivity contribution in [3.63, 3.8) is 0 Å². The first-order chi connectivity index (χ1) is 8.58. The van der Waals surface area contributed by atoms with Crippen LogP contribution in [0.2, 0.25) is 0 Å². The quantitative estimate of drug-likeness (QED) is 0.844. The van der Waals surface area contributed by atoms with Gasteiger partial charge in [0.15, 0.2) is 0 Å². The van der Waals surface area contributed by atoms with Crippen LogP contribution in [0, 0.1) is 0 Å². The van der Waals surface area contributed by atoms with Gasteiger partial charge in [0.2, 0.25) is 5.95 Å². The number of nitrogens with zero attached hydrogens (tertiary/aromatic N) is 4. The molecule has 0 radical (unpaired) electrons. The van der Waals surface area contributed by atoms with Crippen LogP contribution < -0.4 is 11.1 Å². The molecule has 0 aliphatic heterocycles. The second kappa shape index (κ2) is 4.82. The van der Waals surface area contributed by atoms with Crippen molar-refractivity contribution in [1.82, 2.24) is 19.7 Å². The molecule has 2 aromatic rings. The van der Waals surface area contributed by atoms with Crippen molar-refractivity contribution in [3.8, 4) is 0 Å². The van der Waals surface area contributed by atoms with Crippen LogP contribution >= 0.6 is 0 Å². The van der Waals surface area contributed by atoms with E-state index in [1.807, 2.05) is 13.8 Å². The summed E-state index contributed by atoms with van der Waals surface area (Å²) in [7, 11) is 0. The molecule has 1 amide bonds. The van der Waals surface area contributed by atoms with E-state index in [9.17, 15) is 4.79 Å². The molecule has 0 saturated carbocycles. The first-order valence-corrected chi connectivity index (χ1v) is 5.50. The molecular weight excluding hydrogens is 232 g/mol. The molecule has 0 spiro atoms. The maximum absolute atomic E-state index is 12.1. The Balaban J connectivity index is 2.24. The summed E-state index contributed by atoms with van der Waals surface area (Å²) in [6.45, 7) is 3.94. The van der Waals surface area contributed by atoms with E-state index in [1.165, 1.54) is 12.4 Å². The topological polar surface area (TPSA) is 98.7 Å². The molecule has 0 atom stereocenters. The molecule has 94 valence electrons. The van der Waals surface area contributed by atoms with Gasteiger partial charge < -0.3 is 10.3 Å². The fraction of sp³-hybridized carbons (Fsp3) is 0.273. The number of rotatable bonds is 3. The van der Waals surface area contributed by atoms with E-state index in [4.69, 9.17) is 5.73 Å². The molecule has 3 N–H and O–H groups in total. The maximum Gasteiger partial charge on any atom is 0.274 e. The molecule has 0 fully saturated rings. The fourth-order valence-electron chi connectivity index (χ4n) is 1.58. The van der Waals surface area contributed by atoms with Gasteiger partial charge in [-0.25, -0.2) is 4.98 Å². The van der Waals surface area contributed by atoms with E-state index in [0.29, 0.717) is 11.4 Å². The Labute approximate surface area is 104 Å². The highest BCUT2D eigenvalue weighted by Crippen LogP contribution is 2.17. The standard InChI is InChI=1S/C11H14N6O/c1-7(2)17-6-8(12)5-9(17)10(18)15-11-13-3-4-14-16-11/h3-7H,12H2,1-2H3,(H,13,15,16,18). The molecule has 18 heavy (non-hydrogen) atoms. The Hall–Kier alpha value is -2.44. The summed E-state index contributed by atoms with van der Waals surface area (Å²) in [5.41, 5.74) is 6.71. The summed E-state index contributed by atoms with van der Waals surface area (Å²) in [4.78, 5) is 15.9. The van der Waals surface area contributed by atoms with Gasteiger partial charge in [-0.3, -0.25) is 10.1 Å². The number of amides is 1. The number of carbonyl (C=O) groups excluding carboxylic acids is 1. The maximum atomic E-state index is 12.1. The summed E-state index contributed by atoms with van der Waals surface area (Å²) in [5, 5.41) is 9.89. The Morgan fingerprint density at radius 3 is 2.83 bits per heavy atom. The minimum Gasteiger partial charge on any atom is -0.397 e. The van der Waals surface area contributed by atoms with Crippen LogP contribution in [0.4, 0.5) is 11.6 Å². The molecule has 0 aromatic carbocycles. The summed E-state index contributed by atoms with van der Waals surface area (Å²) in [5.74, 6) is -0.147. The Kier molecular flexibility index (Phi) is 3.22. The molecule has 0 saturated heterocycles. The van der Waals surface area contributed by atoms with Gasteiger partial charge in [-0.15, -0.1) is 5.10 Å². The first-order valence-electron chi connectivity index (χ1n) is 5.50. The lowest BCUT2D eigenvalue weighted by atomic mass is 10.3. The van der Waals surface area contributed by atoms with E-state index < -0.39 is 0 Å². The normalized spacial score (nSPS) is 10.6. The number of carbonyl (C=O) groups is 1. The van der Waals surface area contributed by atoms with E-state index in [-0.39, 0.29) is 17.9 Å². The van der Waals surface area contributed by atoms with Gasteiger partial charge in [-0.2, -0.15) is 5.10 Å². The van der Waals surface area contributed by atoms with Gasteiger partial charge in [-0.05, 0) is 19.9 Å². The van der Waals surface area contributed by atoms with Crippen molar-refractivity contribution >= 4 is 17.5 Å². The third kappa shape index (κ3) is 2.45. The molecule has 2 aromatic heterocycles. The average molecular weight is 246 g/mol. The lowest BCUT2D eigenvalue weighted by Gasteiger charge is -2.11. The average Bonchev–Trinajstić information content (AvgIpc) is 2.73. The van der Waals surface area contributed by atoms with Crippen LogP contribution in [0.3, 0.4) is 0 Å². The first kappa shape index (κ1) is 12.0. The predicted molar refractivity (Wildman–Crippen MR) is 67.0 cm³/mol. The minimum absolute atomic E-state index is 0.137. The molecular formula is C11H14N6O. The van der Waals surface area contributed by atoms with Gasteiger partial charge in [0.05, 0.1) is 18.1 Å². The Bertz CT molecular complexity index is 548. The van der Waals surface area contributed by atoms with Crippen LogP contribution in [-0.2, 0) is 0 Å². The molecule has 2 heterocycles. The lowest BCUT2D eigenvalue weighted by molar-refractivity contribution is 0.101. The zero-order chi connectivity index (χ0) is 13.1. The van der Waals surface area contributed by atoms with Crippen LogP contribution in [-0.4, -0.2) is 25.7 Å². The highest BCUT2D eigenvalue weighted by Gasteiger charge is 2.15. The van der Waals surface area contributed by atoms with Crippen molar-refractivity contribution in [2.24, 2.45) is 0 Å². The van der Waals surface area contributed by atoms with Crippen LogP contribution in [0.25, 0.3) is 0 Å². The van der Waals surface area contributed by atoms with Crippen molar-refractivity contribution in [2.45, 2.75) is 19.9 Å². The van der Waals surface area contributed by atoms with Crippen molar-refractivity contribution < 1.29 is 4.79 Å². The highest BCUT2D eigenvalue weighted by molar-refractivity contribution is 6.02. The lowest BCUT2D eigenvalue weighted by Crippen LogP contribution is -2.19. The van der Waals surface area contributed by atoms with Gasteiger partial charge in [0.25, 0.3) is 5.91 Å². The van der Waals surface area contributed by atoms with E-state index in [0.717, 1.165) is 0 Å². The van der Waals surface area contributed by atoms with Gasteiger partial charge >= 0.3 is 0 Å². The fourth-order valence-corrected chi connectivity index (χ4v) is 1.58. The number of anilines is 2. The second-order valence-corrected chi connectivity index (χ2v) is 4.08. The number of nitrogens with two attached hydrogens (primary N) is 1. The third-order valence-corrected chi connectivity index (χ3v) is 2.37. The number of hydrogen-bond donors (Lipinski definition) is 2. The van der Waals surface area contributed by atoms with Crippen LogP contribution in [0.5, 0.6) is 0 Å². The largest absolute Gasteiger partial charge is 0.397 e. The van der Waals surface area contributed by atoms with Crippen LogP contribution in [0.15, 0.2) is 24.7 Å². The molecule has 0 aliphatic carbocycles. The third-order valence-electron chi connectivity index (χ3n) is 2.37. The van der Waals surface area contributed by atoms with Crippen molar-refractivity contribution in [1.29, 1.82) is 0 Å². The summed E-state index contributed by atoms with van der Waals surface area (Å²) >= 11 is 0. The van der Waals surface area contributed by atoms with E-state index in [1.54, 1.807) is 16.8 Å². The number of aromatic nitrogens is 4. The van der Waals surface area contributed by atoms with Crippen molar-refractivity contribution in [3.05, 3.63) is 30.4 Å². The predicted octanol–water partition coefficient (Wildman–Crippen LogP) is 1.09. The molecule has 0 bridgehead atoms. The van der Waals surface area contributed by atoms with Crippen LogP contribution in [0.1, 0.15) is 30.4 Å². The van der Waals surface area contributed by atoms with Gasteiger partial charge in [-0.1, -0.05) is 0 Å². The minimum atomic E-state index is -0.312. The molecule has 0 aliphatic rings. The SMILES string of the molecule is CC(C)n1cc(N)cc1C(=O)Nc1nccnn1.